The van der Waals surface area contributed by atoms with Crippen molar-refractivity contribution in [1.29, 1.82) is 0 Å². The van der Waals surface area contributed by atoms with Gasteiger partial charge < -0.3 is 10.0 Å². The minimum absolute atomic E-state index is 0.0736. The molecular formula is C17H35F2N3O. The van der Waals surface area contributed by atoms with Gasteiger partial charge in [0.2, 0.25) is 0 Å². The van der Waals surface area contributed by atoms with Gasteiger partial charge in [0.1, 0.15) is 0 Å². The quantitative estimate of drug-likeness (QED) is 0.772. The number of β-amino-alcohol motifs (C(OH)–C–C–N with tert-alkyl or cyclic N) is 1. The maximum absolute atomic E-state index is 13.1. The normalized spacial score (nSPS) is 24.3. The van der Waals surface area contributed by atoms with Crippen molar-refractivity contribution in [3.05, 3.63) is 0 Å². The lowest BCUT2D eigenvalue weighted by molar-refractivity contribution is 0.00388. The van der Waals surface area contributed by atoms with Crippen molar-refractivity contribution in [3.63, 3.8) is 0 Å². The van der Waals surface area contributed by atoms with E-state index in [1.54, 1.807) is 4.90 Å². The smallest absolute Gasteiger partial charge is 0.261 e. The van der Waals surface area contributed by atoms with Gasteiger partial charge in [0, 0.05) is 52.2 Å². The van der Waals surface area contributed by atoms with E-state index in [1.165, 1.54) is 12.8 Å². The minimum atomic E-state index is -2.56. The molecule has 1 atom stereocenters. The third kappa shape index (κ3) is 7.88. The predicted octanol–water partition coefficient (Wildman–Crippen LogP) is 2.13. The number of likely N-dealkylation sites (tertiary alicyclic amines) is 1. The summed E-state index contributed by atoms with van der Waals surface area (Å²) in [6.07, 6.45) is 1.86. The Labute approximate surface area is 140 Å². The predicted molar refractivity (Wildman–Crippen MR) is 91.1 cm³/mol. The van der Waals surface area contributed by atoms with Crippen LogP contribution >= 0.6 is 0 Å². The van der Waals surface area contributed by atoms with Crippen LogP contribution < -0.4 is 0 Å². The Hall–Kier alpha value is -0.300. The topological polar surface area (TPSA) is 30.0 Å². The van der Waals surface area contributed by atoms with Crippen LogP contribution in [0.25, 0.3) is 0 Å². The van der Waals surface area contributed by atoms with Crippen LogP contribution in [0.4, 0.5) is 8.78 Å². The van der Waals surface area contributed by atoms with Gasteiger partial charge in [-0.25, -0.2) is 8.78 Å². The second-order valence-corrected chi connectivity index (χ2v) is 6.49. The molecule has 2 fully saturated rings. The van der Waals surface area contributed by atoms with Gasteiger partial charge in [0.15, 0.2) is 0 Å². The van der Waals surface area contributed by atoms with Crippen molar-refractivity contribution in [2.75, 3.05) is 58.9 Å². The van der Waals surface area contributed by atoms with Crippen molar-refractivity contribution in [3.8, 4) is 0 Å². The SMILES string of the molecule is CC.CCCCN1CCN(CC(O)CN2CCC(F)(F)C2)CC1. The summed E-state index contributed by atoms with van der Waals surface area (Å²) < 4.78 is 26.2. The minimum Gasteiger partial charge on any atom is -0.390 e. The lowest BCUT2D eigenvalue weighted by Gasteiger charge is -2.36. The highest BCUT2D eigenvalue weighted by Crippen LogP contribution is 2.26. The van der Waals surface area contributed by atoms with E-state index in [4.69, 9.17) is 0 Å². The van der Waals surface area contributed by atoms with E-state index >= 15 is 0 Å². The fraction of sp³-hybridized carbons (Fsp3) is 1.00. The van der Waals surface area contributed by atoms with Crippen LogP contribution in [0.2, 0.25) is 0 Å². The molecule has 23 heavy (non-hydrogen) atoms. The number of rotatable bonds is 7. The molecule has 2 rings (SSSR count). The molecule has 0 bridgehead atoms. The standard InChI is InChI=1S/C15H29F2N3O.C2H6/c1-2-3-5-18-7-9-19(10-8-18)11-14(21)12-20-6-4-15(16,17)13-20;1-2/h14,21H,2-13H2,1H3;1-2H3. The molecule has 0 saturated carbocycles. The maximum Gasteiger partial charge on any atom is 0.261 e. The summed E-state index contributed by atoms with van der Waals surface area (Å²) in [4.78, 5) is 6.40. The number of hydrogen-bond acceptors (Lipinski definition) is 4. The maximum atomic E-state index is 13.1. The third-order valence-corrected chi connectivity index (χ3v) is 4.48. The summed E-state index contributed by atoms with van der Waals surface area (Å²) in [5, 5.41) is 10.1. The average Bonchev–Trinajstić information content (AvgIpc) is 2.87. The first-order chi connectivity index (χ1) is 11.0. The number of nitrogens with zero attached hydrogens (tertiary/aromatic N) is 3. The number of hydrogen-bond donors (Lipinski definition) is 1. The van der Waals surface area contributed by atoms with Crippen LogP contribution in [0.5, 0.6) is 0 Å². The van der Waals surface area contributed by atoms with E-state index in [0.29, 0.717) is 19.6 Å². The molecule has 4 nitrogen and oxygen atoms in total. The zero-order valence-electron chi connectivity index (χ0n) is 15.1. The number of aliphatic hydroxyl groups excluding tert-OH is 1. The lowest BCUT2D eigenvalue weighted by Crippen LogP contribution is -2.50. The molecule has 0 aromatic heterocycles. The molecule has 2 aliphatic heterocycles. The second-order valence-electron chi connectivity index (χ2n) is 6.49. The largest absolute Gasteiger partial charge is 0.390 e. The monoisotopic (exact) mass is 335 g/mol. The fourth-order valence-electron chi connectivity index (χ4n) is 3.19. The summed E-state index contributed by atoms with van der Waals surface area (Å²) in [5.74, 6) is -2.56. The van der Waals surface area contributed by atoms with Crippen LogP contribution in [-0.2, 0) is 0 Å². The van der Waals surface area contributed by atoms with Gasteiger partial charge in [0.25, 0.3) is 5.92 Å². The van der Waals surface area contributed by atoms with Gasteiger partial charge >= 0.3 is 0 Å². The number of alkyl halides is 2. The first-order valence-corrected chi connectivity index (χ1v) is 9.21. The molecular weight excluding hydrogens is 300 g/mol. The fourth-order valence-corrected chi connectivity index (χ4v) is 3.19. The molecule has 0 aliphatic carbocycles. The van der Waals surface area contributed by atoms with Gasteiger partial charge in [-0.1, -0.05) is 27.2 Å². The zero-order chi connectivity index (χ0) is 17.3. The molecule has 0 aromatic carbocycles. The van der Waals surface area contributed by atoms with Gasteiger partial charge in [-0.3, -0.25) is 9.80 Å². The Kier molecular flexibility index (Phi) is 9.51. The van der Waals surface area contributed by atoms with Crippen LogP contribution in [-0.4, -0.2) is 90.7 Å². The van der Waals surface area contributed by atoms with Gasteiger partial charge in [-0.2, -0.15) is 0 Å². The Morgan fingerprint density at radius 1 is 0.957 bits per heavy atom. The number of aliphatic hydroxyl groups is 1. The van der Waals surface area contributed by atoms with Gasteiger partial charge in [-0.05, 0) is 13.0 Å². The van der Waals surface area contributed by atoms with Crippen LogP contribution in [0.1, 0.15) is 40.0 Å². The molecule has 1 N–H and O–H groups in total. The highest BCUT2D eigenvalue weighted by atomic mass is 19.3. The number of piperazine rings is 1. The van der Waals surface area contributed by atoms with E-state index in [-0.39, 0.29) is 13.0 Å². The van der Waals surface area contributed by atoms with Crippen molar-refractivity contribution in [2.45, 2.75) is 52.1 Å². The number of unbranched alkanes of at least 4 members (excludes halogenated alkanes) is 1. The first kappa shape index (κ1) is 20.7. The number of halogens is 2. The van der Waals surface area contributed by atoms with Crippen LogP contribution in [0.15, 0.2) is 0 Å². The van der Waals surface area contributed by atoms with E-state index in [2.05, 4.69) is 16.7 Å². The van der Waals surface area contributed by atoms with E-state index in [0.717, 1.165) is 32.7 Å². The Morgan fingerprint density at radius 3 is 2.04 bits per heavy atom. The molecule has 2 saturated heterocycles. The second kappa shape index (κ2) is 10.5. The molecule has 0 spiro atoms. The average molecular weight is 335 g/mol. The van der Waals surface area contributed by atoms with Crippen LogP contribution in [0.3, 0.4) is 0 Å². The highest BCUT2D eigenvalue weighted by molar-refractivity contribution is 4.84. The molecule has 2 heterocycles. The molecule has 0 amide bonds. The van der Waals surface area contributed by atoms with Crippen molar-refractivity contribution < 1.29 is 13.9 Å². The summed E-state index contributed by atoms with van der Waals surface area (Å²) >= 11 is 0. The Bertz CT molecular complexity index is 310. The third-order valence-electron chi connectivity index (χ3n) is 4.48. The summed E-state index contributed by atoms with van der Waals surface area (Å²) in [7, 11) is 0. The van der Waals surface area contributed by atoms with Crippen molar-refractivity contribution in [2.24, 2.45) is 0 Å². The lowest BCUT2D eigenvalue weighted by atomic mass is 10.2. The van der Waals surface area contributed by atoms with Crippen LogP contribution in [0, 0.1) is 0 Å². The molecule has 0 aromatic rings. The zero-order valence-corrected chi connectivity index (χ0v) is 15.1. The molecule has 1 unspecified atom stereocenters. The van der Waals surface area contributed by atoms with Gasteiger partial charge in [0.05, 0.1) is 12.6 Å². The van der Waals surface area contributed by atoms with E-state index in [1.807, 2.05) is 13.8 Å². The first-order valence-electron chi connectivity index (χ1n) is 9.21. The van der Waals surface area contributed by atoms with E-state index < -0.39 is 12.0 Å². The highest BCUT2D eigenvalue weighted by Gasteiger charge is 2.38. The Balaban J connectivity index is 0.00000127. The molecule has 0 radical (unpaired) electrons. The summed E-state index contributed by atoms with van der Waals surface area (Å²) in [6.45, 7) is 12.6. The summed E-state index contributed by atoms with van der Waals surface area (Å²) in [6, 6.07) is 0. The molecule has 6 heteroatoms. The van der Waals surface area contributed by atoms with Gasteiger partial charge in [-0.15, -0.1) is 0 Å². The molecule has 2 aliphatic rings. The Morgan fingerprint density at radius 2 is 1.52 bits per heavy atom. The summed E-state index contributed by atoms with van der Waals surface area (Å²) in [5.41, 5.74) is 0. The van der Waals surface area contributed by atoms with E-state index in [9.17, 15) is 13.9 Å². The molecule has 138 valence electrons. The van der Waals surface area contributed by atoms with Crippen molar-refractivity contribution in [1.82, 2.24) is 14.7 Å². The van der Waals surface area contributed by atoms with Crippen molar-refractivity contribution >= 4 is 0 Å².